The van der Waals surface area contributed by atoms with Gasteiger partial charge in [-0.05, 0) is 20.8 Å². The second kappa shape index (κ2) is 4.91. The first kappa shape index (κ1) is 13.8. The van der Waals surface area contributed by atoms with E-state index in [1.165, 1.54) is 11.8 Å². The molecule has 0 aromatic carbocycles. The average molecular weight is 245 g/mol. The van der Waals surface area contributed by atoms with Gasteiger partial charge < -0.3 is 14.6 Å². The van der Waals surface area contributed by atoms with Crippen molar-refractivity contribution in [3.05, 3.63) is 0 Å². The molecule has 1 rings (SSSR count). The number of ether oxygens (including phenoxy) is 2. The predicted octanol–water partition coefficient (Wildman–Crippen LogP) is 0.877. The first-order valence-corrected chi connectivity index (χ1v) is 5.54. The maximum Gasteiger partial charge on any atom is 0.413 e. The monoisotopic (exact) mass is 245 g/mol. The third-order valence-corrected chi connectivity index (χ3v) is 2.16. The second-order valence-electron chi connectivity index (χ2n) is 5.09. The van der Waals surface area contributed by atoms with E-state index in [1.807, 2.05) is 0 Å². The minimum Gasteiger partial charge on any atom is -0.444 e. The van der Waals surface area contributed by atoms with Crippen LogP contribution < -0.4 is 0 Å². The Labute approximate surface area is 100 Å². The van der Waals surface area contributed by atoms with Crippen LogP contribution in [0.4, 0.5) is 4.79 Å². The van der Waals surface area contributed by atoms with Gasteiger partial charge in [0.1, 0.15) is 5.60 Å². The Bertz CT molecular complexity index is 309. The van der Waals surface area contributed by atoms with Crippen molar-refractivity contribution < 1.29 is 24.2 Å². The van der Waals surface area contributed by atoms with Gasteiger partial charge in [-0.2, -0.15) is 0 Å². The van der Waals surface area contributed by atoms with Gasteiger partial charge in [0.25, 0.3) is 0 Å². The van der Waals surface area contributed by atoms with Gasteiger partial charge in [-0.1, -0.05) is 0 Å². The highest BCUT2D eigenvalue weighted by Crippen LogP contribution is 2.22. The van der Waals surface area contributed by atoms with E-state index in [0.717, 1.165) is 0 Å². The van der Waals surface area contributed by atoms with Crippen LogP contribution in [-0.2, 0) is 14.3 Å². The van der Waals surface area contributed by atoms with Crippen molar-refractivity contribution in [2.24, 2.45) is 0 Å². The van der Waals surface area contributed by atoms with E-state index in [1.54, 1.807) is 20.8 Å². The minimum absolute atomic E-state index is 0.118. The van der Waals surface area contributed by atoms with Crippen molar-refractivity contribution >= 4 is 12.1 Å². The molecule has 1 aliphatic heterocycles. The molecule has 1 aliphatic rings. The first-order chi connectivity index (χ1) is 7.69. The molecule has 2 atom stereocenters. The maximum atomic E-state index is 11.8. The van der Waals surface area contributed by atoms with Gasteiger partial charge in [0.05, 0.1) is 12.6 Å². The third-order valence-electron chi connectivity index (χ3n) is 2.16. The van der Waals surface area contributed by atoms with E-state index >= 15 is 0 Å². The van der Waals surface area contributed by atoms with E-state index in [9.17, 15) is 14.7 Å². The number of carbonyl (C=O) groups is 2. The number of nitrogens with zero attached hydrogens (tertiary/aromatic N) is 1. The molecule has 0 aromatic rings. The van der Waals surface area contributed by atoms with Crippen LogP contribution in [0.1, 0.15) is 34.1 Å². The lowest BCUT2D eigenvalue weighted by Gasteiger charge is -2.27. The molecule has 6 nitrogen and oxygen atoms in total. The summed E-state index contributed by atoms with van der Waals surface area (Å²) in [6.45, 7) is 6.62. The lowest BCUT2D eigenvalue weighted by Crippen LogP contribution is -2.41. The molecule has 1 N–H and O–H groups in total. The zero-order chi connectivity index (χ0) is 13.2. The van der Waals surface area contributed by atoms with Crippen LogP contribution in [0.2, 0.25) is 0 Å². The highest BCUT2D eigenvalue weighted by atomic mass is 16.6. The van der Waals surface area contributed by atoms with Gasteiger partial charge in [-0.15, -0.1) is 0 Å². The number of carbonyl (C=O) groups excluding carboxylic acids is 2. The van der Waals surface area contributed by atoms with Gasteiger partial charge in [-0.3, -0.25) is 9.69 Å². The summed E-state index contributed by atoms with van der Waals surface area (Å²) < 4.78 is 10.1. The van der Waals surface area contributed by atoms with Crippen LogP contribution in [0.5, 0.6) is 0 Å². The standard InChI is InChI=1S/C11H19NO5/c1-7(13)16-9-5-8(14)6-12(9)10(15)17-11(2,3)4/h8-9,14H,5-6H2,1-4H3/t8?,9-/m0/s1. The Balaban J connectivity index is 2.66. The average Bonchev–Trinajstić information content (AvgIpc) is 2.42. The van der Waals surface area contributed by atoms with Crippen molar-refractivity contribution in [3.63, 3.8) is 0 Å². The van der Waals surface area contributed by atoms with Gasteiger partial charge in [0.2, 0.25) is 0 Å². The quantitative estimate of drug-likeness (QED) is 0.694. The van der Waals surface area contributed by atoms with Crippen LogP contribution in [0.3, 0.4) is 0 Å². The molecular weight excluding hydrogens is 226 g/mol. The normalized spacial score (nSPS) is 24.6. The largest absolute Gasteiger partial charge is 0.444 e. The molecule has 0 aliphatic carbocycles. The number of rotatable bonds is 1. The van der Waals surface area contributed by atoms with Crippen molar-refractivity contribution in [3.8, 4) is 0 Å². The molecule has 1 amide bonds. The molecule has 1 heterocycles. The molecule has 98 valence electrons. The summed E-state index contributed by atoms with van der Waals surface area (Å²) in [5.74, 6) is -0.488. The molecular formula is C11H19NO5. The van der Waals surface area contributed by atoms with Gasteiger partial charge in [0, 0.05) is 13.3 Å². The van der Waals surface area contributed by atoms with Gasteiger partial charge in [0.15, 0.2) is 6.23 Å². The highest BCUT2D eigenvalue weighted by Gasteiger charge is 2.38. The Morgan fingerprint density at radius 1 is 1.35 bits per heavy atom. The zero-order valence-corrected chi connectivity index (χ0v) is 10.6. The summed E-state index contributed by atoms with van der Waals surface area (Å²) in [7, 11) is 0. The molecule has 1 unspecified atom stereocenters. The van der Waals surface area contributed by atoms with Crippen molar-refractivity contribution in [1.82, 2.24) is 4.90 Å². The number of hydrogen-bond donors (Lipinski definition) is 1. The predicted molar refractivity (Wildman–Crippen MR) is 59.1 cm³/mol. The minimum atomic E-state index is -0.739. The van der Waals surface area contributed by atoms with Crippen molar-refractivity contribution in [2.45, 2.75) is 52.0 Å². The van der Waals surface area contributed by atoms with E-state index in [2.05, 4.69) is 0 Å². The van der Waals surface area contributed by atoms with Crippen molar-refractivity contribution in [1.29, 1.82) is 0 Å². The fourth-order valence-corrected chi connectivity index (χ4v) is 1.60. The van der Waals surface area contributed by atoms with Gasteiger partial charge in [-0.25, -0.2) is 4.79 Å². The maximum absolute atomic E-state index is 11.8. The number of aliphatic hydroxyl groups excluding tert-OH is 1. The summed E-state index contributed by atoms with van der Waals surface area (Å²) in [6, 6.07) is 0. The summed E-state index contributed by atoms with van der Waals surface area (Å²) in [6.07, 6.45) is -1.79. The molecule has 0 radical (unpaired) electrons. The third kappa shape index (κ3) is 4.22. The number of aliphatic hydroxyl groups is 1. The van der Waals surface area contributed by atoms with Crippen LogP contribution >= 0.6 is 0 Å². The van der Waals surface area contributed by atoms with E-state index in [-0.39, 0.29) is 13.0 Å². The summed E-state index contributed by atoms with van der Waals surface area (Å²) in [5.41, 5.74) is -0.620. The lowest BCUT2D eigenvalue weighted by atomic mass is 10.2. The smallest absolute Gasteiger partial charge is 0.413 e. The Hall–Kier alpha value is -1.30. The first-order valence-electron chi connectivity index (χ1n) is 5.54. The van der Waals surface area contributed by atoms with E-state index in [4.69, 9.17) is 9.47 Å². The van der Waals surface area contributed by atoms with Crippen LogP contribution in [0, 0.1) is 0 Å². The number of likely N-dealkylation sites (tertiary alicyclic amines) is 1. The topological polar surface area (TPSA) is 76.1 Å². The molecule has 6 heteroatoms. The summed E-state index contributed by atoms with van der Waals surface area (Å²) in [4.78, 5) is 23.9. The summed E-state index contributed by atoms with van der Waals surface area (Å²) >= 11 is 0. The number of hydrogen-bond acceptors (Lipinski definition) is 5. The Kier molecular flexibility index (Phi) is 3.98. The molecule has 0 bridgehead atoms. The van der Waals surface area contributed by atoms with E-state index in [0.29, 0.717) is 0 Å². The Morgan fingerprint density at radius 3 is 2.41 bits per heavy atom. The SMILES string of the molecule is CC(=O)O[C@H]1CC(O)CN1C(=O)OC(C)(C)C. The number of β-amino-alcohol motifs (C(OH)–C–C–N with tert-alkyl or cyclic N) is 1. The lowest BCUT2D eigenvalue weighted by molar-refractivity contribution is -0.152. The Morgan fingerprint density at radius 2 is 1.94 bits per heavy atom. The fraction of sp³-hybridized carbons (Fsp3) is 0.818. The van der Waals surface area contributed by atoms with Gasteiger partial charge >= 0.3 is 12.1 Å². The molecule has 1 fully saturated rings. The second-order valence-corrected chi connectivity index (χ2v) is 5.09. The van der Waals surface area contributed by atoms with Crippen molar-refractivity contribution in [2.75, 3.05) is 6.54 Å². The zero-order valence-electron chi connectivity index (χ0n) is 10.6. The molecule has 1 saturated heterocycles. The van der Waals surface area contributed by atoms with Crippen LogP contribution in [-0.4, -0.2) is 46.5 Å². The molecule has 0 aromatic heterocycles. The van der Waals surface area contributed by atoms with Crippen LogP contribution in [0.25, 0.3) is 0 Å². The fourth-order valence-electron chi connectivity index (χ4n) is 1.60. The molecule has 0 saturated carbocycles. The van der Waals surface area contributed by atoms with E-state index < -0.39 is 30.0 Å². The highest BCUT2D eigenvalue weighted by molar-refractivity contribution is 5.70. The number of amides is 1. The van der Waals surface area contributed by atoms with Crippen LogP contribution in [0.15, 0.2) is 0 Å². The summed E-state index contributed by atoms with van der Waals surface area (Å²) in [5, 5.41) is 9.49. The molecule has 0 spiro atoms. The molecule has 17 heavy (non-hydrogen) atoms. The number of esters is 1.